The zero-order valence-electron chi connectivity index (χ0n) is 23.7. The normalized spacial score (nSPS) is 12.1. The fraction of sp³-hybridized carbons (Fsp3) is 0.121. The first-order chi connectivity index (χ1) is 21.4. The van der Waals surface area contributed by atoms with E-state index in [1.54, 1.807) is 54.8 Å². The molecule has 0 aliphatic carbocycles. The van der Waals surface area contributed by atoms with E-state index in [0.717, 1.165) is 38.4 Å². The number of benzene rings is 3. The molecule has 0 saturated heterocycles. The number of anilines is 2. The lowest BCUT2D eigenvalue weighted by molar-refractivity contribution is 0.0601. The number of rotatable bonds is 6. The average Bonchev–Trinajstić information content (AvgIpc) is 3.79. The predicted octanol–water partition coefficient (Wildman–Crippen LogP) is 7.25. The number of ether oxygens (including phenoxy) is 3. The Morgan fingerprint density at radius 3 is 2.59 bits per heavy atom. The Labute approximate surface area is 260 Å². The number of nitrogen functional groups attached to an aromatic ring is 1. The number of fused-ring (bicyclic) bond motifs is 4. The van der Waals surface area contributed by atoms with E-state index in [2.05, 4.69) is 21.4 Å². The van der Waals surface area contributed by atoms with Gasteiger partial charge in [0.1, 0.15) is 11.5 Å². The number of methoxy groups -OCH3 is 2. The molecule has 3 aromatic carbocycles. The summed E-state index contributed by atoms with van der Waals surface area (Å²) in [6, 6.07) is 18.5. The Hall–Kier alpha value is -5.13. The van der Waals surface area contributed by atoms with E-state index in [-0.39, 0.29) is 11.9 Å². The summed E-state index contributed by atoms with van der Waals surface area (Å²) in [5.74, 6) is 0.564. The third-order valence-corrected chi connectivity index (χ3v) is 9.46. The first-order valence-electron chi connectivity index (χ1n) is 13.7. The Bertz CT molecular complexity index is 2060. The number of hydrogen-bond acceptors (Lipinski definition) is 9. The van der Waals surface area contributed by atoms with Gasteiger partial charge in [-0.3, -0.25) is 4.79 Å². The van der Waals surface area contributed by atoms with Crippen LogP contribution in [0.25, 0.3) is 43.0 Å². The van der Waals surface area contributed by atoms with E-state index in [1.165, 1.54) is 18.4 Å². The number of thiophene rings is 2. The zero-order valence-corrected chi connectivity index (χ0v) is 25.4. The van der Waals surface area contributed by atoms with Crippen LogP contribution in [0.5, 0.6) is 11.5 Å². The number of nitrogens with two attached hydrogens (primary N) is 1. The van der Waals surface area contributed by atoms with Crippen LogP contribution in [0.3, 0.4) is 0 Å². The minimum Gasteiger partial charge on any atom is -0.496 e. The Balaban J connectivity index is 1.43. The van der Waals surface area contributed by atoms with Gasteiger partial charge in [0.25, 0.3) is 5.91 Å². The highest BCUT2D eigenvalue weighted by atomic mass is 32.1. The molecule has 7 rings (SSSR count). The molecule has 0 radical (unpaired) electrons. The van der Waals surface area contributed by atoms with Gasteiger partial charge in [-0.25, -0.2) is 9.78 Å². The van der Waals surface area contributed by atoms with Gasteiger partial charge in [0.05, 0.1) is 37.4 Å². The van der Waals surface area contributed by atoms with Gasteiger partial charge in [-0.1, -0.05) is 6.07 Å². The molecule has 1 amide bonds. The lowest BCUT2D eigenvalue weighted by Crippen LogP contribution is -2.15. The van der Waals surface area contributed by atoms with Crippen LogP contribution >= 0.6 is 22.7 Å². The lowest BCUT2D eigenvalue weighted by Gasteiger charge is -2.19. The smallest absolute Gasteiger partial charge is 0.338 e. The second-order valence-electron chi connectivity index (χ2n) is 10.1. The van der Waals surface area contributed by atoms with Crippen molar-refractivity contribution in [3.05, 3.63) is 88.1 Å². The maximum absolute atomic E-state index is 14.1. The van der Waals surface area contributed by atoms with Gasteiger partial charge in [-0.2, -0.15) is 0 Å². The summed E-state index contributed by atoms with van der Waals surface area (Å²) in [6.45, 7) is 0.488. The van der Waals surface area contributed by atoms with Crippen molar-refractivity contribution < 1.29 is 23.8 Å². The predicted molar refractivity (Wildman–Crippen MR) is 174 cm³/mol. The van der Waals surface area contributed by atoms with Crippen LogP contribution in [-0.2, 0) is 11.2 Å². The van der Waals surface area contributed by atoms with Crippen LogP contribution in [0.15, 0.2) is 71.4 Å². The fourth-order valence-corrected chi connectivity index (χ4v) is 7.23. The van der Waals surface area contributed by atoms with Crippen molar-refractivity contribution in [2.24, 2.45) is 0 Å². The topological polar surface area (TPSA) is 129 Å². The highest BCUT2D eigenvalue weighted by molar-refractivity contribution is 7.14. The molecule has 3 aromatic heterocycles. The number of aromatic amines is 1. The standard InChI is InChI=1S/C33H26N4O5S2/c1-40-27-15-19(20-16-28-24(14-22(20)32(39)41-2)30-17(7-9-42-28)8-11-44-30)21(13-23(27)29-4-3-10-43-29)31(38)35-18-5-6-25-26(12-18)37-33(34)36-25/h3-6,8,10-16H,7,9H2,1-2H3,(H,35,38)(H3,34,36,37). The molecular weight excluding hydrogens is 597 g/mol. The van der Waals surface area contributed by atoms with Crippen molar-refractivity contribution in [3.8, 4) is 43.5 Å². The van der Waals surface area contributed by atoms with Gasteiger partial charge in [0, 0.05) is 44.1 Å². The summed E-state index contributed by atoms with van der Waals surface area (Å²) in [5.41, 5.74) is 12.1. The van der Waals surface area contributed by atoms with Crippen molar-refractivity contribution in [1.29, 1.82) is 0 Å². The monoisotopic (exact) mass is 622 g/mol. The Kier molecular flexibility index (Phi) is 7.03. The van der Waals surface area contributed by atoms with Gasteiger partial charge >= 0.3 is 5.97 Å². The number of carbonyl (C=O) groups excluding carboxylic acids is 2. The van der Waals surface area contributed by atoms with Gasteiger partial charge in [-0.15, -0.1) is 22.7 Å². The number of amides is 1. The highest BCUT2D eigenvalue weighted by Crippen LogP contribution is 2.45. The zero-order chi connectivity index (χ0) is 30.4. The maximum atomic E-state index is 14.1. The molecule has 1 aliphatic rings. The number of carbonyl (C=O) groups is 2. The van der Waals surface area contributed by atoms with Crippen molar-refractivity contribution >= 4 is 57.2 Å². The second-order valence-corrected chi connectivity index (χ2v) is 12.0. The number of nitrogens with zero attached hydrogens (tertiary/aromatic N) is 1. The summed E-state index contributed by atoms with van der Waals surface area (Å²) >= 11 is 3.13. The van der Waals surface area contributed by atoms with Gasteiger partial charge in [0.15, 0.2) is 5.95 Å². The number of H-pyrrole nitrogens is 1. The molecule has 220 valence electrons. The van der Waals surface area contributed by atoms with E-state index in [1.807, 2.05) is 29.0 Å². The van der Waals surface area contributed by atoms with Crippen molar-refractivity contribution in [3.63, 3.8) is 0 Å². The molecule has 9 nitrogen and oxygen atoms in total. The number of aromatic nitrogens is 2. The highest BCUT2D eigenvalue weighted by Gasteiger charge is 2.27. The summed E-state index contributed by atoms with van der Waals surface area (Å²) < 4.78 is 17.3. The molecule has 44 heavy (non-hydrogen) atoms. The first kappa shape index (κ1) is 27.7. The Morgan fingerprint density at radius 2 is 1.80 bits per heavy atom. The largest absolute Gasteiger partial charge is 0.496 e. The Morgan fingerprint density at radius 1 is 0.955 bits per heavy atom. The maximum Gasteiger partial charge on any atom is 0.338 e. The van der Waals surface area contributed by atoms with Crippen LogP contribution in [0, 0.1) is 0 Å². The van der Waals surface area contributed by atoms with E-state index in [4.69, 9.17) is 19.9 Å². The van der Waals surface area contributed by atoms with E-state index < -0.39 is 5.97 Å². The van der Waals surface area contributed by atoms with E-state index in [0.29, 0.717) is 51.6 Å². The van der Waals surface area contributed by atoms with Gasteiger partial charge < -0.3 is 30.2 Å². The van der Waals surface area contributed by atoms with Crippen molar-refractivity contribution in [1.82, 2.24) is 9.97 Å². The van der Waals surface area contributed by atoms with E-state index in [9.17, 15) is 9.59 Å². The lowest BCUT2D eigenvalue weighted by atomic mass is 9.90. The van der Waals surface area contributed by atoms with Crippen LogP contribution in [0.2, 0.25) is 0 Å². The molecular formula is C33H26N4O5S2. The second kappa shape index (κ2) is 11.2. The SMILES string of the molecule is COC(=O)c1cc2c(cc1-c1cc(OC)c(-c3cccs3)cc1C(=O)Nc1ccc3[nH]c(N)nc3c1)OCCc1ccsc1-2. The molecule has 0 spiro atoms. The molecule has 0 atom stereocenters. The van der Waals surface area contributed by atoms with Crippen LogP contribution in [0.4, 0.5) is 11.6 Å². The molecule has 0 fully saturated rings. The van der Waals surface area contributed by atoms with E-state index >= 15 is 0 Å². The summed E-state index contributed by atoms with van der Waals surface area (Å²) in [5, 5.41) is 7.01. The molecule has 4 N–H and O–H groups in total. The summed E-state index contributed by atoms with van der Waals surface area (Å²) in [7, 11) is 2.93. The van der Waals surface area contributed by atoms with Crippen LogP contribution in [-0.4, -0.2) is 42.7 Å². The average molecular weight is 623 g/mol. The van der Waals surface area contributed by atoms with Crippen LogP contribution in [0.1, 0.15) is 26.3 Å². The first-order valence-corrected chi connectivity index (χ1v) is 15.5. The third kappa shape index (κ3) is 4.85. The number of hydrogen-bond donors (Lipinski definition) is 3. The summed E-state index contributed by atoms with van der Waals surface area (Å²) in [4.78, 5) is 36.7. The molecule has 1 aliphatic heterocycles. The molecule has 0 unspecified atom stereocenters. The van der Waals surface area contributed by atoms with Crippen molar-refractivity contribution in [2.45, 2.75) is 6.42 Å². The summed E-state index contributed by atoms with van der Waals surface area (Å²) in [6.07, 6.45) is 0.749. The molecule has 0 bridgehead atoms. The van der Waals surface area contributed by atoms with Crippen molar-refractivity contribution in [2.75, 3.05) is 31.9 Å². The number of imidazole rings is 1. The fourth-order valence-electron chi connectivity index (χ4n) is 5.50. The van der Waals surface area contributed by atoms with Gasteiger partial charge in [0.2, 0.25) is 0 Å². The quantitative estimate of drug-likeness (QED) is 0.167. The minimum absolute atomic E-state index is 0.289. The molecule has 6 aromatic rings. The molecule has 4 heterocycles. The molecule has 11 heteroatoms. The number of esters is 1. The molecule has 0 saturated carbocycles. The number of nitrogens with one attached hydrogen (secondary N) is 2. The third-order valence-electron chi connectivity index (χ3n) is 7.57. The van der Waals surface area contributed by atoms with Gasteiger partial charge in [-0.05, 0) is 76.5 Å². The van der Waals surface area contributed by atoms with Crippen LogP contribution < -0.4 is 20.5 Å². The minimum atomic E-state index is -0.528.